The van der Waals surface area contributed by atoms with Crippen LogP contribution in [0.5, 0.6) is 0 Å². The normalized spacial score (nSPS) is 13.7. The van der Waals surface area contributed by atoms with Gasteiger partial charge in [-0.05, 0) is 149 Å². The van der Waals surface area contributed by atoms with Crippen LogP contribution in [0, 0.1) is 13.8 Å². The topological polar surface area (TPSA) is 6.48 Å². The van der Waals surface area contributed by atoms with Gasteiger partial charge in [0.15, 0.2) is 0 Å². The molecule has 0 atom stereocenters. The van der Waals surface area contributed by atoms with Crippen molar-refractivity contribution in [2.75, 3.05) is 9.80 Å². The van der Waals surface area contributed by atoms with Crippen molar-refractivity contribution in [1.29, 1.82) is 0 Å². The standard InChI is InChI=1S/C62H50N2S2/c1-36(2)48-35-54(64(41-18-12-16-38(4)32-41)52-24-14-22-46-43-20-8-10-26-56(43)66-61(46)52)49-34-50-57-39(29-30-62(50,5)6)33-53(47-28-27-44(48)58(49)59(47)57)63(40-17-11-15-37(3)31-40)51-23-13-21-45-42-19-7-9-25-55(42)65-60(45)51/h7-28,31-36H,29-30H2,1-6H3. The molecule has 0 radical (unpaired) electrons. The Morgan fingerprint density at radius 1 is 0.455 bits per heavy atom. The van der Waals surface area contributed by atoms with Crippen LogP contribution in [0.2, 0.25) is 0 Å². The van der Waals surface area contributed by atoms with Gasteiger partial charge in [-0.3, -0.25) is 0 Å². The lowest BCUT2D eigenvalue weighted by molar-refractivity contribution is 0.475. The Labute approximate surface area is 394 Å². The molecule has 1 aliphatic carbocycles. The van der Waals surface area contributed by atoms with Crippen molar-refractivity contribution >= 4 is 129 Å². The Bertz CT molecular complexity index is 3940. The van der Waals surface area contributed by atoms with Gasteiger partial charge in [0.1, 0.15) is 0 Å². The van der Waals surface area contributed by atoms with Crippen LogP contribution >= 0.6 is 22.7 Å². The van der Waals surface area contributed by atoms with Crippen LogP contribution in [-0.4, -0.2) is 0 Å². The Balaban J connectivity index is 1.19. The van der Waals surface area contributed by atoms with E-state index in [1.807, 2.05) is 22.7 Å². The average Bonchev–Trinajstić information content (AvgIpc) is 3.90. The van der Waals surface area contributed by atoms with Gasteiger partial charge in [0.05, 0.1) is 32.1 Å². The predicted molar refractivity (Wildman–Crippen MR) is 290 cm³/mol. The minimum absolute atomic E-state index is 0.0200. The molecule has 0 amide bonds. The van der Waals surface area contributed by atoms with Crippen LogP contribution in [0.4, 0.5) is 34.1 Å². The van der Waals surface area contributed by atoms with Gasteiger partial charge in [-0.2, -0.15) is 0 Å². The van der Waals surface area contributed by atoms with Crippen molar-refractivity contribution in [1.82, 2.24) is 0 Å². The Morgan fingerprint density at radius 3 is 1.56 bits per heavy atom. The minimum Gasteiger partial charge on any atom is -0.308 e. The molecule has 10 aromatic carbocycles. The van der Waals surface area contributed by atoms with E-state index in [0.29, 0.717) is 5.92 Å². The molecular formula is C62H50N2S2. The first-order valence-corrected chi connectivity index (χ1v) is 25.1. The Hall–Kier alpha value is -6.72. The highest BCUT2D eigenvalue weighted by atomic mass is 32.1. The molecular weight excluding hydrogens is 837 g/mol. The fraction of sp³-hybridized carbons (Fsp3) is 0.161. The van der Waals surface area contributed by atoms with Gasteiger partial charge in [-0.15, -0.1) is 22.7 Å². The molecule has 320 valence electrons. The molecule has 0 aliphatic heterocycles. The molecule has 0 saturated carbocycles. The number of aryl methyl sites for hydroxylation is 3. The summed E-state index contributed by atoms with van der Waals surface area (Å²) in [4.78, 5) is 5.20. The van der Waals surface area contributed by atoms with Crippen molar-refractivity contribution in [3.63, 3.8) is 0 Å². The van der Waals surface area contributed by atoms with Crippen LogP contribution in [0.1, 0.15) is 67.9 Å². The first-order valence-electron chi connectivity index (χ1n) is 23.5. The summed E-state index contributed by atoms with van der Waals surface area (Å²) in [5.41, 5.74) is 14.1. The van der Waals surface area contributed by atoms with E-state index in [1.54, 1.807) is 0 Å². The third-order valence-corrected chi connectivity index (χ3v) is 17.1. The van der Waals surface area contributed by atoms with Gasteiger partial charge in [-0.25, -0.2) is 0 Å². The smallest absolute Gasteiger partial charge is 0.0640 e. The van der Waals surface area contributed by atoms with Crippen molar-refractivity contribution in [3.05, 3.63) is 192 Å². The van der Waals surface area contributed by atoms with E-state index in [1.165, 1.54) is 135 Å². The molecule has 66 heavy (non-hydrogen) atoms. The van der Waals surface area contributed by atoms with Crippen LogP contribution in [0.15, 0.2) is 164 Å². The van der Waals surface area contributed by atoms with E-state index in [0.717, 1.165) is 12.8 Å². The molecule has 13 rings (SSSR count). The number of nitrogens with zero attached hydrogens (tertiary/aromatic N) is 2. The van der Waals surface area contributed by atoms with Gasteiger partial charge in [0.25, 0.3) is 0 Å². The number of fused-ring (bicyclic) bond motifs is 6. The van der Waals surface area contributed by atoms with Crippen molar-refractivity contribution in [3.8, 4) is 0 Å². The molecule has 1 aliphatic rings. The van der Waals surface area contributed by atoms with Gasteiger partial charge in [-0.1, -0.05) is 125 Å². The number of benzene rings is 10. The number of hydrogen-bond acceptors (Lipinski definition) is 4. The second-order valence-electron chi connectivity index (χ2n) is 19.7. The summed E-state index contributed by atoms with van der Waals surface area (Å²) < 4.78 is 5.26. The third-order valence-electron chi connectivity index (χ3n) is 14.7. The highest BCUT2D eigenvalue weighted by Crippen LogP contribution is 2.56. The van der Waals surface area contributed by atoms with Crippen LogP contribution in [-0.2, 0) is 11.8 Å². The number of rotatable bonds is 7. The zero-order valence-corrected chi connectivity index (χ0v) is 39.9. The summed E-state index contributed by atoms with van der Waals surface area (Å²) in [6.07, 6.45) is 2.11. The van der Waals surface area contributed by atoms with E-state index in [4.69, 9.17) is 0 Å². The first kappa shape index (κ1) is 39.6. The Morgan fingerprint density at radius 2 is 0.985 bits per heavy atom. The molecule has 4 heteroatoms. The van der Waals surface area contributed by atoms with E-state index < -0.39 is 0 Å². The lowest BCUT2D eigenvalue weighted by Crippen LogP contribution is -2.24. The van der Waals surface area contributed by atoms with Gasteiger partial charge in [0.2, 0.25) is 0 Å². The monoisotopic (exact) mass is 886 g/mol. The predicted octanol–water partition coefficient (Wildman–Crippen LogP) is 19.2. The Kier molecular flexibility index (Phi) is 8.79. The molecule has 0 fully saturated rings. The van der Waals surface area contributed by atoms with E-state index in [-0.39, 0.29) is 5.41 Å². The lowest BCUT2D eigenvalue weighted by Gasteiger charge is -2.37. The molecule has 2 aromatic heterocycles. The molecule has 0 unspecified atom stereocenters. The summed E-state index contributed by atoms with van der Waals surface area (Å²) in [6.45, 7) is 14.1. The molecule has 12 aromatic rings. The average molecular weight is 887 g/mol. The minimum atomic E-state index is -0.0200. The zero-order chi connectivity index (χ0) is 44.6. The van der Waals surface area contributed by atoms with E-state index in [9.17, 15) is 0 Å². The van der Waals surface area contributed by atoms with E-state index >= 15 is 0 Å². The fourth-order valence-electron chi connectivity index (χ4n) is 11.5. The van der Waals surface area contributed by atoms with Crippen molar-refractivity contribution < 1.29 is 0 Å². The highest BCUT2D eigenvalue weighted by Gasteiger charge is 2.34. The number of anilines is 6. The van der Waals surface area contributed by atoms with Crippen LogP contribution in [0.25, 0.3) is 72.7 Å². The summed E-state index contributed by atoms with van der Waals surface area (Å²) in [5.74, 6) is 0.296. The van der Waals surface area contributed by atoms with Gasteiger partial charge < -0.3 is 9.80 Å². The summed E-state index contributed by atoms with van der Waals surface area (Å²) in [5, 5.41) is 13.4. The van der Waals surface area contributed by atoms with Gasteiger partial charge >= 0.3 is 0 Å². The second-order valence-corrected chi connectivity index (χ2v) is 21.8. The first-order chi connectivity index (χ1) is 32.1. The van der Waals surface area contributed by atoms with Gasteiger partial charge in [0, 0.05) is 58.5 Å². The lowest BCUT2D eigenvalue weighted by atomic mass is 9.70. The molecule has 0 saturated heterocycles. The van der Waals surface area contributed by atoms with Crippen molar-refractivity contribution in [2.24, 2.45) is 0 Å². The van der Waals surface area contributed by atoms with Crippen LogP contribution in [0.3, 0.4) is 0 Å². The maximum absolute atomic E-state index is 2.62. The second kappa shape index (κ2) is 14.6. The number of hydrogen-bond donors (Lipinski definition) is 0. The summed E-state index contributed by atoms with van der Waals surface area (Å²) >= 11 is 3.82. The molecule has 2 nitrogen and oxygen atoms in total. The fourth-order valence-corrected chi connectivity index (χ4v) is 13.9. The molecule has 0 N–H and O–H groups in total. The highest BCUT2D eigenvalue weighted by molar-refractivity contribution is 7.26. The molecule has 0 bridgehead atoms. The largest absolute Gasteiger partial charge is 0.308 e. The maximum Gasteiger partial charge on any atom is 0.0640 e. The molecule has 0 spiro atoms. The summed E-state index contributed by atoms with van der Waals surface area (Å²) in [6, 6.07) is 62.6. The molecule has 2 heterocycles. The quantitative estimate of drug-likeness (QED) is 0.147. The third kappa shape index (κ3) is 5.84. The van der Waals surface area contributed by atoms with E-state index in [2.05, 4.69) is 215 Å². The van der Waals surface area contributed by atoms with Crippen LogP contribution < -0.4 is 9.80 Å². The van der Waals surface area contributed by atoms with Crippen molar-refractivity contribution in [2.45, 2.75) is 65.7 Å². The summed E-state index contributed by atoms with van der Waals surface area (Å²) in [7, 11) is 0. The number of thiophene rings is 2. The maximum atomic E-state index is 2.62. The zero-order valence-electron chi connectivity index (χ0n) is 38.3. The SMILES string of the molecule is Cc1cccc(N(c2cc(C(C)C)c3ccc4c(N(c5cccc(C)c5)c5cccc6c5sc5ccccc56)cc5c6c(cc2c3c46)C(C)(C)CC5)c2cccc3c2sc2ccccc23)c1.